The predicted molar refractivity (Wildman–Crippen MR) is 74.2 cm³/mol. The Hall–Kier alpha value is -1.76. The fraction of sp³-hybridized carbons (Fsp3) is 0.462. The van der Waals surface area contributed by atoms with E-state index in [9.17, 15) is 19.5 Å². The summed E-state index contributed by atoms with van der Waals surface area (Å²) in [4.78, 5) is 36.0. The van der Waals surface area contributed by atoms with Crippen LogP contribution >= 0.6 is 11.8 Å². The zero-order valence-corrected chi connectivity index (χ0v) is 12.1. The Bertz CT molecular complexity index is 526. The number of rotatable bonds is 5. The zero-order valence-electron chi connectivity index (χ0n) is 11.3. The molecule has 6 nitrogen and oxygen atoms in total. The van der Waals surface area contributed by atoms with Gasteiger partial charge in [0.25, 0.3) is 0 Å². The molecule has 0 aromatic heterocycles. The number of carboxylic acids is 1. The second kappa shape index (κ2) is 5.70. The summed E-state index contributed by atoms with van der Waals surface area (Å²) in [6.07, 6.45) is 2.77. The molecular formula is C13H16N2O4S. The SMILES string of the molecule is CC[C@H]1C(=O)N2C(C(=O)O)=C(S/C=C/NC(C)=O)CC12. The van der Waals surface area contributed by atoms with Crippen LogP contribution in [0.1, 0.15) is 26.7 Å². The molecule has 20 heavy (non-hydrogen) atoms. The largest absolute Gasteiger partial charge is 0.477 e. The normalized spacial score (nSPS) is 24.9. The minimum atomic E-state index is -1.08. The number of fused-ring (bicyclic) bond motifs is 1. The van der Waals surface area contributed by atoms with Crippen molar-refractivity contribution in [2.75, 3.05) is 0 Å². The third-order valence-electron chi connectivity index (χ3n) is 3.46. The van der Waals surface area contributed by atoms with Gasteiger partial charge >= 0.3 is 5.97 Å². The van der Waals surface area contributed by atoms with E-state index in [1.54, 1.807) is 5.41 Å². The van der Waals surface area contributed by atoms with Gasteiger partial charge in [-0.2, -0.15) is 0 Å². The number of aliphatic carboxylic acids is 1. The Morgan fingerprint density at radius 3 is 2.80 bits per heavy atom. The van der Waals surface area contributed by atoms with Crippen molar-refractivity contribution >= 4 is 29.5 Å². The lowest BCUT2D eigenvalue weighted by Gasteiger charge is -2.42. The smallest absolute Gasteiger partial charge is 0.353 e. The molecule has 2 N–H and O–H groups in total. The quantitative estimate of drug-likeness (QED) is 0.746. The monoisotopic (exact) mass is 296 g/mol. The van der Waals surface area contributed by atoms with Crippen LogP contribution < -0.4 is 5.32 Å². The molecule has 2 atom stereocenters. The Morgan fingerprint density at radius 2 is 2.25 bits per heavy atom. The van der Waals surface area contributed by atoms with Crippen molar-refractivity contribution in [3.8, 4) is 0 Å². The average molecular weight is 296 g/mol. The van der Waals surface area contributed by atoms with E-state index in [2.05, 4.69) is 5.32 Å². The van der Waals surface area contributed by atoms with Crippen molar-refractivity contribution < 1.29 is 19.5 Å². The summed E-state index contributed by atoms with van der Waals surface area (Å²) >= 11 is 1.23. The summed E-state index contributed by atoms with van der Waals surface area (Å²) in [6, 6.07) is -0.0183. The standard InChI is InChI=1S/C13H16N2O4S/c1-3-8-9-6-10(20-5-4-14-7(2)16)11(13(18)19)15(9)12(8)17/h4-5,8-9H,3,6H2,1-2H3,(H,14,16)(H,18,19)/b5-4+/t8-,9?/m1/s1. The number of hydrogen-bond acceptors (Lipinski definition) is 4. The maximum Gasteiger partial charge on any atom is 0.353 e. The Labute approximate surface area is 120 Å². The molecule has 0 bridgehead atoms. The number of carboxylic acid groups (broad SMARTS) is 1. The van der Waals surface area contributed by atoms with Gasteiger partial charge < -0.3 is 15.3 Å². The summed E-state index contributed by atoms with van der Waals surface area (Å²) in [5.41, 5.74) is 0.0853. The molecule has 1 saturated heterocycles. The first-order valence-electron chi connectivity index (χ1n) is 6.35. The van der Waals surface area contributed by atoms with Crippen LogP contribution in [-0.4, -0.2) is 33.8 Å². The van der Waals surface area contributed by atoms with E-state index < -0.39 is 5.97 Å². The number of thioether (sulfide) groups is 1. The first kappa shape index (κ1) is 14.6. The molecule has 0 aromatic carbocycles. The molecule has 2 aliphatic heterocycles. The van der Waals surface area contributed by atoms with Crippen LogP contribution in [-0.2, 0) is 14.4 Å². The van der Waals surface area contributed by atoms with Gasteiger partial charge in [-0.15, -0.1) is 0 Å². The van der Waals surface area contributed by atoms with E-state index in [1.807, 2.05) is 6.92 Å². The molecule has 0 saturated carbocycles. The van der Waals surface area contributed by atoms with Gasteiger partial charge in [0.2, 0.25) is 11.8 Å². The van der Waals surface area contributed by atoms with Crippen molar-refractivity contribution in [2.24, 2.45) is 5.92 Å². The third-order valence-corrected chi connectivity index (χ3v) is 4.37. The first-order valence-corrected chi connectivity index (χ1v) is 7.23. The van der Waals surface area contributed by atoms with Crippen molar-refractivity contribution in [1.29, 1.82) is 0 Å². The van der Waals surface area contributed by atoms with Crippen molar-refractivity contribution in [3.63, 3.8) is 0 Å². The Kier molecular flexibility index (Phi) is 4.17. The lowest BCUT2D eigenvalue weighted by molar-refractivity contribution is -0.155. The fourth-order valence-corrected chi connectivity index (χ4v) is 3.44. The van der Waals surface area contributed by atoms with Crippen molar-refractivity contribution in [1.82, 2.24) is 10.2 Å². The van der Waals surface area contributed by atoms with Crippen molar-refractivity contribution in [3.05, 3.63) is 22.2 Å². The van der Waals surface area contributed by atoms with Crippen LogP contribution in [0.2, 0.25) is 0 Å². The molecule has 108 valence electrons. The van der Waals surface area contributed by atoms with E-state index in [-0.39, 0.29) is 29.5 Å². The number of carbonyl (C=O) groups excluding carboxylic acids is 2. The average Bonchev–Trinajstić information content (AvgIpc) is 2.70. The lowest BCUT2D eigenvalue weighted by atomic mass is 9.85. The van der Waals surface area contributed by atoms with Gasteiger partial charge in [0.1, 0.15) is 5.70 Å². The second-order valence-corrected chi connectivity index (χ2v) is 5.69. The molecule has 0 aliphatic carbocycles. The summed E-state index contributed by atoms with van der Waals surface area (Å²) in [6.45, 7) is 3.32. The van der Waals surface area contributed by atoms with E-state index in [4.69, 9.17) is 0 Å². The van der Waals surface area contributed by atoms with E-state index in [0.717, 1.165) is 6.42 Å². The van der Waals surface area contributed by atoms with Crippen LogP contribution in [0.5, 0.6) is 0 Å². The molecule has 1 fully saturated rings. The third kappa shape index (κ3) is 2.45. The second-order valence-electron chi connectivity index (χ2n) is 4.69. The van der Waals surface area contributed by atoms with Crippen molar-refractivity contribution in [2.45, 2.75) is 32.7 Å². The molecule has 2 heterocycles. The highest BCUT2D eigenvalue weighted by atomic mass is 32.2. The lowest BCUT2D eigenvalue weighted by Crippen LogP contribution is -2.58. The number of β-lactam (4-membered cyclic amide) rings is 1. The van der Waals surface area contributed by atoms with Gasteiger partial charge in [-0.25, -0.2) is 4.79 Å². The van der Waals surface area contributed by atoms with Gasteiger partial charge in [0.05, 0.1) is 12.0 Å². The topological polar surface area (TPSA) is 86.7 Å². The predicted octanol–water partition coefficient (Wildman–Crippen LogP) is 1.26. The highest BCUT2D eigenvalue weighted by Gasteiger charge is 2.54. The molecule has 7 heteroatoms. The van der Waals surface area contributed by atoms with E-state index in [0.29, 0.717) is 11.3 Å². The number of nitrogens with one attached hydrogen (secondary N) is 1. The Balaban J connectivity index is 2.11. The van der Waals surface area contributed by atoms with E-state index >= 15 is 0 Å². The molecule has 0 aromatic rings. The summed E-state index contributed by atoms with van der Waals surface area (Å²) < 4.78 is 0. The van der Waals surface area contributed by atoms with Crippen LogP contribution in [0.3, 0.4) is 0 Å². The fourth-order valence-electron chi connectivity index (χ4n) is 2.58. The minimum absolute atomic E-state index is 0.0183. The van der Waals surface area contributed by atoms with Crippen LogP contribution in [0.25, 0.3) is 0 Å². The summed E-state index contributed by atoms with van der Waals surface area (Å²) in [5, 5.41) is 13.4. The molecule has 0 radical (unpaired) electrons. The number of amides is 2. The molecule has 1 unspecified atom stereocenters. The minimum Gasteiger partial charge on any atom is -0.477 e. The highest BCUT2D eigenvalue weighted by Crippen LogP contribution is 2.47. The highest BCUT2D eigenvalue weighted by molar-refractivity contribution is 8.05. The van der Waals surface area contributed by atoms with Gasteiger partial charge in [0, 0.05) is 24.4 Å². The first-order chi connectivity index (χ1) is 9.47. The summed E-state index contributed by atoms with van der Waals surface area (Å²) in [5.74, 6) is -1.44. The van der Waals surface area contributed by atoms with Crippen LogP contribution in [0.15, 0.2) is 22.2 Å². The van der Waals surface area contributed by atoms with Crippen LogP contribution in [0.4, 0.5) is 0 Å². The summed E-state index contributed by atoms with van der Waals surface area (Å²) in [7, 11) is 0. The molecular weight excluding hydrogens is 280 g/mol. The zero-order chi connectivity index (χ0) is 14.9. The Morgan fingerprint density at radius 1 is 1.55 bits per heavy atom. The molecule has 2 amide bonds. The number of nitrogens with zero attached hydrogens (tertiary/aromatic N) is 1. The molecule has 2 aliphatic rings. The maximum absolute atomic E-state index is 11.9. The number of hydrogen-bond donors (Lipinski definition) is 2. The van der Waals surface area contributed by atoms with Gasteiger partial charge in [-0.05, 0) is 11.8 Å². The molecule has 0 spiro atoms. The van der Waals surface area contributed by atoms with Gasteiger partial charge in [0.15, 0.2) is 0 Å². The molecule has 2 rings (SSSR count). The van der Waals surface area contributed by atoms with Crippen LogP contribution in [0, 0.1) is 5.92 Å². The van der Waals surface area contributed by atoms with Gasteiger partial charge in [-0.3, -0.25) is 9.59 Å². The maximum atomic E-state index is 11.9. The van der Waals surface area contributed by atoms with Gasteiger partial charge in [-0.1, -0.05) is 18.7 Å². The van der Waals surface area contributed by atoms with E-state index in [1.165, 1.54) is 29.8 Å². The number of carbonyl (C=O) groups is 3.